The Morgan fingerprint density at radius 1 is 1.19 bits per heavy atom. The molecule has 27 heavy (non-hydrogen) atoms. The fourth-order valence-corrected chi connectivity index (χ4v) is 4.25. The second-order valence-electron chi connectivity index (χ2n) is 6.38. The molecule has 10 nitrogen and oxygen atoms in total. The topological polar surface area (TPSA) is 151 Å². The van der Waals surface area contributed by atoms with E-state index in [9.17, 15) is 24.3 Å². The number of nitrogens with zero attached hydrogens (tertiary/aromatic N) is 1. The second kappa shape index (κ2) is 9.07. The molecule has 1 rings (SSSR count). The lowest BCUT2D eigenvalue weighted by Crippen LogP contribution is -2.45. The van der Waals surface area contributed by atoms with Crippen LogP contribution in [0.4, 0.5) is 5.69 Å². The lowest BCUT2D eigenvalue weighted by atomic mass is 10.1. The fraction of sp³-hybridized carbons (Fsp3) is 0.500. The Morgan fingerprint density at radius 3 is 2.11 bits per heavy atom. The summed E-state index contributed by atoms with van der Waals surface area (Å²) >= 11 is 0. The highest BCUT2D eigenvalue weighted by Crippen LogP contribution is 2.54. The van der Waals surface area contributed by atoms with Crippen LogP contribution in [0.5, 0.6) is 0 Å². The first kappa shape index (κ1) is 22.8. The zero-order valence-electron chi connectivity index (χ0n) is 15.8. The molecule has 0 spiro atoms. The number of amides is 2. The minimum absolute atomic E-state index is 0.0980. The Bertz CT molecular complexity index is 765. The van der Waals surface area contributed by atoms with E-state index in [1.165, 1.54) is 19.1 Å². The molecule has 0 heterocycles. The third kappa shape index (κ3) is 6.13. The van der Waals surface area contributed by atoms with Crippen LogP contribution in [0, 0.1) is 17.0 Å². The molecule has 11 heteroatoms. The molecule has 0 saturated carbocycles. The molecule has 3 N–H and O–H groups in total. The van der Waals surface area contributed by atoms with Crippen LogP contribution in [-0.2, 0) is 18.4 Å². The Kier molecular flexibility index (Phi) is 7.65. The number of carbonyl (C=O) groups excluding carboxylic acids is 2. The van der Waals surface area contributed by atoms with Crippen LogP contribution >= 0.6 is 7.60 Å². The van der Waals surface area contributed by atoms with Crippen LogP contribution in [0.2, 0.25) is 0 Å². The van der Waals surface area contributed by atoms with E-state index in [1.54, 1.807) is 27.7 Å². The first-order chi connectivity index (χ1) is 12.4. The predicted molar refractivity (Wildman–Crippen MR) is 98.3 cm³/mol. The van der Waals surface area contributed by atoms with Gasteiger partial charge in [-0.2, -0.15) is 0 Å². The molecule has 0 unspecified atom stereocenters. The van der Waals surface area contributed by atoms with Crippen molar-refractivity contribution in [3.63, 3.8) is 0 Å². The second-order valence-corrected chi connectivity index (χ2v) is 8.40. The SMILES string of the molecule is Cc1ccc(C(=O)N[C@H](C(N)=O)P(=O)(OC(C)C)OC(C)C)cc1[N+](=O)[O-]. The Labute approximate surface area is 157 Å². The summed E-state index contributed by atoms with van der Waals surface area (Å²) < 4.78 is 23.7. The van der Waals surface area contributed by atoms with E-state index >= 15 is 0 Å². The molecule has 1 aromatic rings. The van der Waals surface area contributed by atoms with E-state index in [2.05, 4.69) is 5.32 Å². The number of hydrogen-bond acceptors (Lipinski definition) is 7. The Hall–Kier alpha value is -2.29. The number of rotatable bonds is 9. The summed E-state index contributed by atoms with van der Waals surface area (Å²) in [5, 5.41) is 13.3. The van der Waals surface area contributed by atoms with Crippen molar-refractivity contribution in [2.75, 3.05) is 0 Å². The zero-order chi connectivity index (χ0) is 20.9. The first-order valence-electron chi connectivity index (χ1n) is 8.19. The van der Waals surface area contributed by atoms with Gasteiger partial charge in [0.05, 0.1) is 17.1 Å². The van der Waals surface area contributed by atoms with E-state index in [4.69, 9.17) is 14.8 Å². The number of nitro groups is 1. The molecule has 150 valence electrons. The summed E-state index contributed by atoms with van der Waals surface area (Å²) in [4.78, 5) is 34.8. The molecule has 0 fully saturated rings. The number of carbonyl (C=O) groups is 2. The molecular formula is C16H24N3O7P. The summed E-state index contributed by atoms with van der Waals surface area (Å²) in [6.07, 6.45) is -1.15. The lowest BCUT2D eigenvalue weighted by Gasteiger charge is -2.28. The van der Waals surface area contributed by atoms with E-state index < -0.39 is 42.3 Å². The number of benzene rings is 1. The largest absolute Gasteiger partial charge is 0.367 e. The van der Waals surface area contributed by atoms with Gasteiger partial charge in [0.1, 0.15) is 0 Å². The van der Waals surface area contributed by atoms with Crippen molar-refractivity contribution in [3.05, 3.63) is 39.4 Å². The van der Waals surface area contributed by atoms with Crippen LogP contribution < -0.4 is 11.1 Å². The Balaban J connectivity index is 3.23. The summed E-state index contributed by atoms with van der Waals surface area (Å²) in [5.41, 5.74) is 5.31. The van der Waals surface area contributed by atoms with Crippen molar-refractivity contribution in [2.45, 2.75) is 52.6 Å². The summed E-state index contributed by atoms with van der Waals surface area (Å²) in [5.74, 6) is -3.74. The maximum absolute atomic E-state index is 13.1. The molecule has 0 aliphatic carbocycles. The van der Waals surface area contributed by atoms with E-state index in [1.807, 2.05) is 0 Å². The zero-order valence-corrected chi connectivity index (χ0v) is 16.7. The normalized spacial score (nSPS) is 12.9. The van der Waals surface area contributed by atoms with Crippen LogP contribution in [-0.4, -0.2) is 34.7 Å². The molecule has 0 aliphatic heterocycles. The van der Waals surface area contributed by atoms with Crippen molar-refractivity contribution in [3.8, 4) is 0 Å². The average Bonchev–Trinajstić information content (AvgIpc) is 2.50. The van der Waals surface area contributed by atoms with Gasteiger partial charge >= 0.3 is 7.60 Å². The number of aryl methyl sites for hydroxylation is 1. The molecule has 0 aliphatic rings. The number of nitro benzene ring substituents is 1. The predicted octanol–water partition coefficient (Wildman–Crippen LogP) is 2.49. The minimum atomic E-state index is -4.15. The third-order valence-corrected chi connectivity index (χ3v) is 5.68. The number of nitrogens with two attached hydrogens (primary N) is 1. The van der Waals surface area contributed by atoms with E-state index in [0.29, 0.717) is 5.56 Å². The highest BCUT2D eigenvalue weighted by atomic mass is 31.2. The highest BCUT2D eigenvalue weighted by Gasteiger charge is 2.43. The fourth-order valence-electron chi connectivity index (χ4n) is 2.20. The van der Waals surface area contributed by atoms with Crippen molar-refractivity contribution >= 4 is 25.1 Å². The number of hydrogen-bond donors (Lipinski definition) is 2. The molecule has 0 saturated heterocycles. The summed E-state index contributed by atoms with van der Waals surface area (Å²) in [6, 6.07) is 3.79. The van der Waals surface area contributed by atoms with Crippen molar-refractivity contribution in [1.82, 2.24) is 5.32 Å². The van der Waals surface area contributed by atoms with Crippen LogP contribution in [0.3, 0.4) is 0 Å². The van der Waals surface area contributed by atoms with Gasteiger partial charge in [0, 0.05) is 17.2 Å². The van der Waals surface area contributed by atoms with E-state index in [0.717, 1.165) is 6.07 Å². The standard InChI is InChI=1S/C16H24N3O7P/c1-9(2)25-27(24,26-10(3)4)16(14(17)20)18-15(21)12-7-6-11(5)13(8-12)19(22)23/h6-10,16H,1-5H3,(H2,17,20)(H,18,21)/t16-/m0/s1. The smallest absolute Gasteiger partial charge is 0.362 e. The highest BCUT2D eigenvalue weighted by molar-refractivity contribution is 7.55. The van der Waals surface area contributed by atoms with Gasteiger partial charge in [-0.15, -0.1) is 0 Å². The number of nitrogens with one attached hydrogen (secondary N) is 1. The molecular weight excluding hydrogens is 377 g/mol. The summed E-state index contributed by atoms with van der Waals surface area (Å²) in [6.45, 7) is 7.85. The van der Waals surface area contributed by atoms with Crippen LogP contribution in [0.15, 0.2) is 18.2 Å². The first-order valence-corrected chi connectivity index (χ1v) is 9.80. The number of primary amides is 1. The van der Waals surface area contributed by atoms with Gasteiger partial charge in [-0.05, 0) is 40.7 Å². The molecule has 1 aromatic carbocycles. The van der Waals surface area contributed by atoms with E-state index in [-0.39, 0.29) is 11.3 Å². The van der Waals surface area contributed by atoms with Gasteiger partial charge in [0.2, 0.25) is 5.78 Å². The van der Waals surface area contributed by atoms with Gasteiger partial charge in [0.25, 0.3) is 17.5 Å². The maximum Gasteiger partial charge on any atom is 0.362 e. The van der Waals surface area contributed by atoms with Crippen molar-refractivity contribution in [2.24, 2.45) is 5.73 Å². The lowest BCUT2D eigenvalue weighted by molar-refractivity contribution is -0.385. The van der Waals surface area contributed by atoms with Gasteiger partial charge < -0.3 is 20.1 Å². The van der Waals surface area contributed by atoms with Crippen molar-refractivity contribution < 1.29 is 28.1 Å². The minimum Gasteiger partial charge on any atom is -0.367 e. The Morgan fingerprint density at radius 2 is 1.70 bits per heavy atom. The quantitative estimate of drug-likeness (QED) is 0.366. The molecule has 0 aromatic heterocycles. The molecule has 0 radical (unpaired) electrons. The van der Waals surface area contributed by atoms with Gasteiger partial charge in [-0.25, -0.2) is 0 Å². The molecule has 0 bridgehead atoms. The molecule has 1 atom stereocenters. The van der Waals surface area contributed by atoms with Gasteiger partial charge in [-0.3, -0.25) is 24.3 Å². The van der Waals surface area contributed by atoms with Crippen molar-refractivity contribution in [1.29, 1.82) is 0 Å². The monoisotopic (exact) mass is 401 g/mol. The van der Waals surface area contributed by atoms with Gasteiger partial charge in [0.15, 0.2) is 0 Å². The van der Waals surface area contributed by atoms with Crippen LogP contribution in [0.25, 0.3) is 0 Å². The maximum atomic E-state index is 13.1. The molecule has 2 amide bonds. The van der Waals surface area contributed by atoms with Gasteiger partial charge in [-0.1, -0.05) is 6.07 Å². The van der Waals surface area contributed by atoms with Crippen LogP contribution in [0.1, 0.15) is 43.6 Å². The average molecular weight is 401 g/mol. The summed E-state index contributed by atoms with van der Waals surface area (Å²) in [7, 11) is -4.15. The third-order valence-electron chi connectivity index (χ3n) is 3.24.